The van der Waals surface area contributed by atoms with E-state index in [1.165, 1.54) is 12.3 Å². The number of ether oxygens (including phenoxy) is 2. The molecule has 2 bridgehead atoms. The van der Waals surface area contributed by atoms with E-state index < -0.39 is 11.4 Å². The summed E-state index contributed by atoms with van der Waals surface area (Å²) in [6.07, 6.45) is 4.48. The molecule has 6 atom stereocenters. The second kappa shape index (κ2) is 13.7. The summed E-state index contributed by atoms with van der Waals surface area (Å²) >= 11 is 0. The summed E-state index contributed by atoms with van der Waals surface area (Å²) in [5.74, 6) is 1.74. The largest absolute Gasteiger partial charge is 0.466 e. The van der Waals surface area contributed by atoms with Gasteiger partial charge in [0.1, 0.15) is 22.6 Å². The molecule has 2 unspecified atom stereocenters. The van der Waals surface area contributed by atoms with Crippen LogP contribution in [0.25, 0.3) is 28.1 Å². The van der Waals surface area contributed by atoms with Crippen molar-refractivity contribution < 1.29 is 18.7 Å². The summed E-state index contributed by atoms with van der Waals surface area (Å²) < 4.78 is 30.5. The van der Waals surface area contributed by atoms with E-state index in [9.17, 15) is 4.79 Å². The van der Waals surface area contributed by atoms with Gasteiger partial charge in [0, 0.05) is 13.2 Å². The summed E-state index contributed by atoms with van der Waals surface area (Å²) in [6, 6.07) is 35.8. The maximum Gasteiger partial charge on any atom is 0.311 e. The van der Waals surface area contributed by atoms with Crippen LogP contribution in [0, 0.1) is 35.4 Å². The van der Waals surface area contributed by atoms with Crippen LogP contribution in [-0.2, 0) is 26.4 Å². The van der Waals surface area contributed by atoms with Gasteiger partial charge < -0.3 is 14.8 Å². The van der Waals surface area contributed by atoms with E-state index in [-0.39, 0.29) is 29.7 Å². The monoisotopic (exact) mass is 747 g/mol. The van der Waals surface area contributed by atoms with Crippen molar-refractivity contribution in [3.8, 4) is 11.5 Å². The minimum Gasteiger partial charge on any atom is -0.466 e. The highest BCUT2D eigenvalue weighted by atomic mass is 19.1. The fourth-order valence-corrected chi connectivity index (χ4v) is 10.2. The van der Waals surface area contributed by atoms with Crippen LogP contribution < -0.4 is 5.32 Å². The SMILES string of the molecule is CCOC(=O)[C@@H]1[C@@H](Nc2nc(-c3nn(C(c4ccccc4)(c4ccccc4)c4ccccc4)c4ncc(F)cc34)nn3c(COC)ccc23)[C@@H]2CC[C@H]1C1CC12. The van der Waals surface area contributed by atoms with Gasteiger partial charge in [0.2, 0.25) is 5.82 Å². The normalized spacial score (nSPS) is 22.6. The van der Waals surface area contributed by atoms with Crippen LogP contribution in [0.2, 0.25) is 0 Å². The molecule has 11 rings (SSSR count). The molecule has 0 spiro atoms. The molecule has 4 heterocycles. The maximum absolute atomic E-state index is 15.5. The van der Waals surface area contributed by atoms with Crippen LogP contribution >= 0.6 is 0 Å². The van der Waals surface area contributed by atoms with Crippen molar-refractivity contribution in [1.29, 1.82) is 0 Å². The van der Waals surface area contributed by atoms with E-state index in [0.29, 0.717) is 53.5 Å². The third-order valence-corrected chi connectivity index (χ3v) is 12.5. The number of esters is 1. The number of anilines is 1. The van der Waals surface area contributed by atoms with Crippen molar-refractivity contribution in [3.63, 3.8) is 0 Å². The van der Waals surface area contributed by atoms with E-state index in [1.807, 2.05) is 82.9 Å². The van der Waals surface area contributed by atoms with Crippen LogP contribution in [0.5, 0.6) is 0 Å². The van der Waals surface area contributed by atoms with Crippen LogP contribution in [0.3, 0.4) is 0 Å². The first-order valence-corrected chi connectivity index (χ1v) is 19.5. The number of nitrogens with zero attached hydrogens (tertiary/aromatic N) is 6. The van der Waals surface area contributed by atoms with Crippen molar-refractivity contribution in [2.45, 2.75) is 44.4 Å². The Hall–Kier alpha value is -5.94. The Balaban J connectivity index is 1.21. The molecular weight excluding hydrogens is 706 g/mol. The van der Waals surface area contributed by atoms with Crippen molar-refractivity contribution in [2.24, 2.45) is 29.6 Å². The van der Waals surface area contributed by atoms with Gasteiger partial charge in [0.15, 0.2) is 11.5 Å². The van der Waals surface area contributed by atoms with Crippen LogP contribution in [0.1, 0.15) is 48.6 Å². The first-order chi connectivity index (χ1) is 27.5. The molecule has 4 aliphatic rings. The third-order valence-electron chi connectivity index (χ3n) is 12.5. The van der Waals surface area contributed by atoms with Gasteiger partial charge in [-0.2, -0.15) is 5.10 Å². The van der Waals surface area contributed by atoms with Crippen molar-refractivity contribution in [1.82, 2.24) is 29.4 Å². The summed E-state index contributed by atoms with van der Waals surface area (Å²) in [5, 5.41) is 14.8. The Labute approximate surface area is 323 Å². The number of aromatic nitrogens is 6. The molecule has 0 saturated heterocycles. The standard InChI is InChI=1S/C45H42FN7O3/c1-3-56-44(54)38-32-20-21-33(35-24-34(32)35)39(38)48-41-37-22-19-31(26-55-2)52(37)51-42(49-41)40-36-23-30(46)25-47-43(36)53(50-40)45(27-13-7-4-8-14-27,28-15-9-5-10-16-28)29-17-11-6-12-18-29/h4-19,22-23,25,32-35,38-39H,3,20-21,24,26H2,1-2H3,(H,48,49,51)/t32-,33+,34?,35?,38-,39-/m0/s1. The highest BCUT2D eigenvalue weighted by Crippen LogP contribution is 2.64. The Kier molecular flexibility index (Phi) is 8.43. The van der Waals surface area contributed by atoms with Crippen LogP contribution in [0.15, 0.2) is 115 Å². The molecule has 7 aromatic rings. The van der Waals surface area contributed by atoms with E-state index in [0.717, 1.165) is 47.2 Å². The average Bonchev–Trinajstić information content (AvgIpc) is 3.85. The molecule has 0 radical (unpaired) electrons. The molecule has 0 aliphatic heterocycles. The number of rotatable bonds is 11. The number of carbonyl (C=O) groups is 1. The summed E-state index contributed by atoms with van der Waals surface area (Å²) in [6.45, 7) is 2.51. The third kappa shape index (κ3) is 5.35. The Morgan fingerprint density at radius 1 is 0.857 bits per heavy atom. The van der Waals surface area contributed by atoms with Gasteiger partial charge in [-0.25, -0.2) is 23.6 Å². The Morgan fingerprint density at radius 3 is 2.14 bits per heavy atom. The maximum atomic E-state index is 15.5. The first-order valence-electron chi connectivity index (χ1n) is 19.5. The van der Waals surface area contributed by atoms with Gasteiger partial charge in [-0.3, -0.25) is 4.79 Å². The number of pyridine rings is 1. The van der Waals surface area contributed by atoms with Gasteiger partial charge in [-0.15, -0.1) is 5.10 Å². The molecular formula is C45H42FN7O3. The molecule has 4 aromatic heterocycles. The molecule has 0 amide bonds. The molecule has 4 fully saturated rings. The number of methoxy groups -OCH3 is 1. The van der Waals surface area contributed by atoms with Gasteiger partial charge >= 0.3 is 5.97 Å². The average molecular weight is 748 g/mol. The lowest BCUT2D eigenvalue weighted by molar-refractivity contribution is -0.155. The first kappa shape index (κ1) is 34.5. The number of hydrogen-bond donors (Lipinski definition) is 1. The zero-order valence-electron chi connectivity index (χ0n) is 31.3. The van der Waals surface area contributed by atoms with Crippen LogP contribution in [0.4, 0.5) is 10.2 Å². The molecule has 11 heteroatoms. The smallest absolute Gasteiger partial charge is 0.311 e. The van der Waals surface area contributed by atoms with Gasteiger partial charge in [-0.1, -0.05) is 91.0 Å². The predicted molar refractivity (Wildman–Crippen MR) is 210 cm³/mol. The number of carbonyl (C=O) groups excluding carboxylic acids is 1. The van der Waals surface area contributed by atoms with E-state index in [2.05, 4.69) is 41.7 Å². The summed E-state index contributed by atoms with van der Waals surface area (Å²) in [4.78, 5) is 23.6. The minimum atomic E-state index is -1.03. The highest BCUT2D eigenvalue weighted by molar-refractivity contribution is 5.90. The fourth-order valence-electron chi connectivity index (χ4n) is 10.2. The van der Waals surface area contributed by atoms with E-state index in [4.69, 9.17) is 29.6 Å². The van der Waals surface area contributed by atoms with Crippen LogP contribution in [-0.4, -0.2) is 55.1 Å². The molecule has 10 nitrogen and oxygen atoms in total. The molecule has 3 aromatic carbocycles. The zero-order valence-corrected chi connectivity index (χ0v) is 31.3. The highest BCUT2D eigenvalue weighted by Gasteiger charge is 2.63. The van der Waals surface area contributed by atoms with Gasteiger partial charge in [0.05, 0.1) is 36.4 Å². The number of halogens is 1. The van der Waals surface area contributed by atoms with E-state index >= 15 is 4.39 Å². The zero-order chi connectivity index (χ0) is 38.0. The van der Waals surface area contributed by atoms with Gasteiger partial charge in [0.25, 0.3) is 0 Å². The number of benzene rings is 3. The van der Waals surface area contributed by atoms with Crippen molar-refractivity contribution >= 4 is 28.3 Å². The summed E-state index contributed by atoms with van der Waals surface area (Å²) in [5.41, 5.74) is 4.20. The van der Waals surface area contributed by atoms with Crippen molar-refractivity contribution in [3.05, 3.63) is 144 Å². The second-order valence-corrected chi connectivity index (χ2v) is 15.3. The molecule has 282 valence electrons. The minimum absolute atomic E-state index is 0.142. The number of hydrogen-bond acceptors (Lipinski definition) is 8. The lowest BCUT2D eigenvalue weighted by Crippen LogP contribution is -2.53. The lowest BCUT2D eigenvalue weighted by Gasteiger charge is -2.47. The molecule has 1 N–H and O–H groups in total. The molecule has 56 heavy (non-hydrogen) atoms. The topological polar surface area (TPSA) is 108 Å². The fraction of sp³-hybridized carbons (Fsp3) is 0.311. The van der Waals surface area contributed by atoms with E-state index in [1.54, 1.807) is 7.11 Å². The van der Waals surface area contributed by atoms with Crippen molar-refractivity contribution in [2.75, 3.05) is 19.0 Å². The number of fused-ring (bicyclic) bond motifs is 4. The predicted octanol–water partition coefficient (Wildman–Crippen LogP) is 7.90. The lowest BCUT2D eigenvalue weighted by atomic mass is 9.61. The summed E-state index contributed by atoms with van der Waals surface area (Å²) in [7, 11) is 1.65. The second-order valence-electron chi connectivity index (χ2n) is 15.3. The Bertz CT molecular complexity index is 2460. The molecule has 4 aliphatic carbocycles. The quantitative estimate of drug-likeness (QED) is 0.105. The molecule has 4 saturated carbocycles. The van der Waals surface area contributed by atoms with Gasteiger partial charge in [-0.05, 0) is 84.7 Å². The number of nitrogens with one attached hydrogen (secondary N) is 1. The Morgan fingerprint density at radius 2 is 1.50 bits per heavy atom.